The lowest BCUT2D eigenvalue weighted by Crippen LogP contribution is -2.43. The summed E-state index contributed by atoms with van der Waals surface area (Å²) in [6, 6.07) is -0.280. The number of methoxy groups -OCH3 is 2. The Balaban J connectivity index is 3.22. The van der Waals surface area contributed by atoms with Crippen molar-refractivity contribution in [3.63, 3.8) is 0 Å². The molecule has 1 unspecified atom stereocenters. The normalized spacial score (nSPS) is 13.8. The molecule has 0 saturated heterocycles. The Bertz CT molecular complexity index is 544. The number of hydrogen-bond acceptors (Lipinski definition) is 5. The quantitative estimate of drug-likeness (QED) is 0.638. The van der Waals surface area contributed by atoms with Gasteiger partial charge in [-0.05, 0) is 24.8 Å². The van der Waals surface area contributed by atoms with Crippen LogP contribution in [-0.4, -0.2) is 52.7 Å². The van der Waals surface area contributed by atoms with Gasteiger partial charge in [0.25, 0.3) is 0 Å². The number of aryl methyl sites for hydroxylation is 1. The van der Waals surface area contributed by atoms with E-state index in [1.807, 2.05) is 12.3 Å². The summed E-state index contributed by atoms with van der Waals surface area (Å²) < 4.78 is 37.5. The molecule has 0 saturated carbocycles. The third-order valence-electron chi connectivity index (χ3n) is 3.09. The molecule has 1 heterocycles. The molecule has 0 bridgehead atoms. The molecule has 0 spiro atoms. The van der Waals surface area contributed by atoms with Gasteiger partial charge in [0, 0.05) is 31.7 Å². The van der Waals surface area contributed by atoms with Crippen LogP contribution < -0.4 is 0 Å². The second-order valence-electron chi connectivity index (χ2n) is 4.72. The van der Waals surface area contributed by atoms with Crippen LogP contribution in [0.1, 0.15) is 17.4 Å². The molecule has 0 aromatic carbocycles. The molecule has 8 heteroatoms. The number of hydrogen-bond donors (Lipinski definition) is 0. The third kappa shape index (κ3) is 4.40. The molecule has 1 aromatic rings. The molecule has 5 nitrogen and oxygen atoms in total. The molecule has 1 aromatic heterocycles. The van der Waals surface area contributed by atoms with E-state index in [9.17, 15) is 8.42 Å². The van der Waals surface area contributed by atoms with Gasteiger partial charge in [-0.25, -0.2) is 8.42 Å². The van der Waals surface area contributed by atoms with Gasteiger partial charge >= 0.3 is 0 Å². The molecule has 0 aliphatic carbocycles. The molecule has 0 amide bonds. The van der Waals surface area contributed by atoms with E-state index in [-0.39, 0.29) is 18.5 Å². The Kier molecular flexibility index (Phi) is 7.59. The number of nitrogens with zero attached hydrogens (tertiary/aromatic N) is 1. The fourth-order valence-electron chi connectivity index (χ4n) is 2.13. The summed E-state index contributed by atoms with van der Waals surface area (Å²) in [6.07, 6.45) is 0. The molecule has 0 aliphatic rings. The number of alkyl halides is 1. The lowest BCUT2D eigenvalue weighted by atomic mass is 10.3. The van der Waals surface area contributed by atoms with Gasteiger partial charge in [-0.1, -0.05) is 0 Å². The number of halogens is 1. The van der Waals surface area contributed by atoms with Crippen molar-refractivity contribution in [1.82, 2.24) is 4.31 Å². The SMILES string of the molecule is COCCN(C(C)COC)S(=O)(=O)c1c(C)csc1CCl. The third-order valence-corrected chi connectivity index (χ3v) is 7.00. The van der Waals surface area contributed by atoms with Gasteiger partial charge in [0.2, 0.25) is 10.0 Å². The zero-order chi connectivity index (χ0) is 16.0. The minimum Gasteiger partial charge on any atom is -0.383 e. The standard InChI is InChI=1S/C13H22ClNO4S2/c1-10-9-20-12(7-14)13(10)21(16,17)15(5-6-18-3)11(2)8-19-4/h9,11H,5-8H2,1-4H3. The van der Waals surface area contributed by atoms with Crippen LogP contribution in [0.3, 0.4) is 0 Å². The second-order valence-corrected chi connectivity index (χ2v) is 7.78. The van der Waals surface area contributed by atoms with Crippen LogP contribution in [0.5, 0.6) is 0 Å². The highest BCUT2D eigenvalue weighted by Gasteiger charge is 2.32. The van der Waals surface area contributed by atoms with Gasteiger partial charge < -0.3 is 9.47 Å². The van der Waals surface area contributed by atoms with Crippen molar-refractivity contribution >= 4 is 33.0 Å². The molecule has 0 fully saturated rings. The Morgan fingerprint density at radius 3 is 2.57 bits per heavy atom. The topological polar surface area (TPSA) is 55.8 Å². The lowest BCUT2D eigenvalue weighted by molar-refractivity contribution is 0.119. The summed E-state index contributed by atoms with van der Waals surface area (Å²) in [7, 11) is -0.525. The average Bonchev–Trinajstić information content (AvgIpc) is 2.81. The van der Waals surface area contributed by atoms with Crippen LogP contribution in [0.2, 0.25) is 0 Å². The van der Waals surface area contributed by atoms with Crippen molar-refractivity contribution in [2.45, 2.75) is 30.7 Å². The summed E-state index contributed by atoms with van der Waals surface area (Å²) in [5, 5.41) is 1.82. The minimum absolute atomic E-state index is 0.184. The first-order valence-electron chi connectivity index (χ1n) is 6.52. The van der Waals surface area contributed by atoms with Gasteiger partial charge in [-0.3, -0.25) is 0 Å². The van der Waals surface area contributed by atoms with Crippen LogP contribution in [0.25, 0.3) is 0 Å². The van der Waals surface area contributed by atoms with E-state index in [2.05, 4.69) is 0 Å². The van der Waals surface area contributed by atoms with Crippen molar-refractivity contribution in [1.29, 1.82) is 0 Å². The van der Waals surface area contributed by atoms with Gasteiger partial charge in [0.15, 0.2) is 0 Å². The highest BCUT2D eigenvalue weighted by Crippen LogP contribution is 2.31. The first kappa shape index (κ1) is 18.9. The van der Waals surface area contributed by atoms with Crippen LogP contribution in [0.4, 0.5) is 0 Å². The molecule has 0 N–H and O–H groups in total. The summed E-state index contributed by atoms with van der Waals surface area (Å²) in [4.78, 5) is 0.989. The van der Waals surface area contributed by atoms with E-state index in [1.54, 1.807) is 21.1 Å². The Hall–Kier alpha value is -0.180. The van der Waals surface area contributed by atoms with E-state index >= 15 is 0 Å². The van der Waals surface area contributed by atoms with Crippen LogP contribution in [-0.2, 0) is 25.4 Å². The second kappa shape index (κ2) is 8.45. The van der Waals surface area contributed by atoms with Crippen molar-refractivity contribution in [2.75, 3.05) is 34.0 Å². The fraction of sp³-hybridized carbons (Fsp3) is 0.692. The van der Waals surface area contributed by atoms with Gasteiger partial charge in [-0.15, -0.1) is 22.9 Å². The number of ether oxygens (including phenoxy) is 2. The Labute approximate surface area is 135 Å². The highest BCUT2D eigenvalue weighted by molar-refractivity contribution is 7.89. The van der Waals surface area contributed by atoms with Gasteiger partial charge in [-0.2, -0.15) is 4.31 Å². The van der Waals surface area contributed by atoms with E-state index in [1.165, 1.54) is 15.6 Å². The van der Waals surface area contributed by atoms with Crippen molar-refractivity contribution in [3.05, 3.63) is 15.8 Å². The average molecular weight is 356 g/mol. The molecule has 0 radical (unpaired) electrons. The van der Waals surface area contributed by atoms with E-state index in [0.29, 0.717) is 23.0 Å². The Morgan fingerprint density at radius 1 is 1.38 bits per heavy atom. The zero-order valence-electron chi connectivity index (χ0n) is 12.8. The predicted molar refractivity (Wildman–Crippen MR) is 85.7 cm³/mol. The minimum atomic E-state index is -3.63. The summed E-state index contributed by atoms with van der Waals surface area (Å²) in [5.74, 6) is 0.184. The summed E-state index contributed by atoms with van der Waals surface area (Å²) in [6.45, 7) is 4.53. The zero-order valence-corrected chi connectivity index (χ0v) is 15.1. The number of rotatable bonds is 9. The largest absolute Gasteiger partial charge is 0.383 e. The molecular weight excluding hydrogens is 334 g/mol. The molecule has 122 valence electrons. The fourth-order valence-corrected chi connectivity index (χ4v) is 5.74. The molecule has 0 aliphatic heterocycles. The highest BCUT2D eigenvalue weighted by atomic mass is 35.5. The molecule has 1 rings (SSSR count). The maximum Gasteiger partial charge on any atom is 0.244 e. The van der Waals surface area contributed by atoms with Crippen LogP contribution >= 0.6 is 22.9 Å². The molecule has 1 atom stereocenters. The van der Waals surface area contributed by atoms with Crippen molar-refractivity contribution in [3.8, 4) is 0 Å². The summed E-state index contributed by atoms with van der Waals surface area (Å²) in [5.41, 5.74) is 0.725. The summed E-state index contributed by atoms with van der Waals surface area (Å²) >= 11 is 7.25. The smallest absolute Gasteiger partial charge is 0.244 e. The van der Waals surface area contributed by atoms with Gasteiger partial charge in [0.1, 0.15) is 4.90 Å². The number of thiophene rings is 1. The monoisotopic (exact) mass is 355 g/mol. The molecular formula is C13H22ClNO4S2. The van der Waals surface area contributed by atoms with Gasteiger partial charge in [0.05, 0.1) is 19.1 Å². The predicted octanol–water partition coefficient (Wildman–Crippen LogP) is 2.47. The maximum absolute atomic E-state index is 13.0. The van der Waals surface area contributed by atoms with Crippen LogP contribution in [0, 0.1) is 6.92 Å². The van der Waals surface area contributed by atoms with E-state index in [4.69, 9.17) is 21.1 Å². The van der Waals surface area contributed by atoms with Crippen molar-refractivity contribution in [2.24, 2.45) is 0 Å². The van der Waals surface area contributed by atoms with E-state index in [0.717, 1.165) is 5.56 Å². The van der Waals surface area contributed by atoms with E-state index < -0.39 is 10.0 Å². The first-order valence-corrected chi connectivity index (χ1v) is 9.38. The van der Waals surface area contributed by atoms with Crippen LogP contribution in [0.15, 0.2) is 10.3 Å². The Morgan fingerprint density at radius 2 is 2.05 bits per heavy atom. The van der Waals surface area contributed by atoms with Crippen molar-refractivity contribution < 1.29 is 17.9 Å². The molecule has 21 heavy (non-hydrogen) atoms. The number of sulfonamides is 1. The lowest BCUT2D eigenvalue weighted by Gasteiger charge is -2.28. The maximum atomic E-state index is 13.0. The first-order chi connectivity index (χ1) is 9.89.